The zero-order valence-corrected chi connectivity index (χ0v) is 9.19. The van der Waals surface area contributed by atoms with E-state index in [2.05, 4.69) is 0 Å². The Morgan fingerprint density at radius 3 is 1.93 bits per heavy atom. The molecule has 0 radical (unpaired) electrons. The van der Waals surface area contributed by atoms with Crippen molar-refractivity contribution in [3.05, 3.63) is 0 Å². The van der Waals surface area contributed by atoms with E-state index in [0.29, 0.717) is 0 Å². The first-order chi connectivity index (χ1) is 7.26. The van der Waals surface area contributed by atoms with Crippen LogP contribution in [0.1, 0.15) is 32.1 Å². The van der Waals surface area contributed by atoms with Crippen molar-refractivity contribution < 1.29 is 20.1 Å². The molecule has 1 saturated carbocycles. The van der Waals surface area contributed by atoms with Crippen molar-refractivity contribution >= 4 is 0 Å². The lowest BCUT2D eigenvalue weighted by Gasteiger charge is -2.30. The maximum atomic E-state index is 9.11. The molecule has 0 heterocycles. The summed E-state index contributed by atoms with van der Waals surface area (Å²) in [5.41, 5.74) is -0.878. The van der Waals surface area contributed by atoms with E-state index < -0.39 is 5.41 Å². The van der Waals surface area contributed by atoms with Gasteiger partial charge in [0, 0.05) is 0 Å². The Bertz CT molecular complexity index is 154. The highest BCUT2D eigenvalue weighted by Crippen LogP contribution is 2.23. The molecule has 3 N–H and O–H groups in total. The third kappa shape index (κ3) is 3.72. The average Bonchev–Trinajstić information content (AvgIpc) is 2.33. The summed E-state index contributed by atoms with van der Waals surface area (Å²) < 4.78 is 5.64. The number of ether oxygens (including phenoxy) is 1. The van der Waals surface area contributed by atoms with E-state index in [1.165, 1.54) is 19.3 Å². The standard InChI is InChI=1S/C11H22O4/c12-6-11(7-13,8-14)9-15-10-4-2-1-3-5-10/h10,12-14H,1-9H2. The zero-order valence-electron chi connectivity index (χ0n) is 9.19. The molecule has 0 saturated heterocycles. The molecular formula is C11H22O4. The third-order valence-electron chi connectivity index (χ3n) is 3.18. The van der Waals surface area contributed by atoms with Crippen LogP contribution >= 0.6 is 0 Å². The van der Waals surface area contributed by atoms with Crippen molar-refractivity contribution in [3.63, 3.8) is 0 Å². The summed E-state index contributed by atoms with van der Waals surface area (Å²) >= 11 is 0. The Morgan fingerprint density at radius 2 is 1.47 bits per heavy atom. The maximum Gasteiger partial charge on any atom is 0.0629 e. The molecule has 0 aromatic heterocycles. The fraction of sp³-hybridized carbons (Fsp3) is 1.00. The molecule has 4 nitrogen and oxygen atoms in total. The summed E-state index contributed by atoms with van der Waals surface area (Å²) in [6.07, 6.45) is 5.99. The molecule has 0 atom stereocenters. The van der Waals surface area contributed by atoms with Crippen LogP contribution in [0, 0.1) is 5.41 Å². The third-order valence-corrected chi connectivity index (χ3v) is 3.18. The van der Waals surface area contributed by atoms with Gasteiger partial charge in [0.15, 0.2) is 0 Å². The largest absolute Gasteiger partial charge is 0.396 e. The molecule has 0 spiro atoms. The predicted molar refractivity (Wildman–Crippen MR) is 56.5 cm³/mol. The van der Waals surface area contributed by atoms with Gasteiger partial charge >= 0.3 is 0 Å². The minimum atomic E-state index is -0.878. The Balaban J connectivity index is 2.31. The molecule has 90 valence electrons. The molecule has 1 rings (SSSR count). The first kappa shape index (κ1) is 12.9. The Morgan fingerprint density at radius 1 is 0.933 bits per heavy atom. The van der Waals surface area contributed by atoms with Crippen LogP contribution in [0.15, 0.2) is 0 Å². The van der Waals surface area contributed by atoms with Gasteiger partial charge in [-0.15, -0.1) is 0 Å². The highest BCUT2D eigenvalue weighted by Gasteiger charge is 2.30. The van der Waals surface area contributed by atoms with Crippen LogP contribution in [0.5, 0.6) is 0 Å². The fourth-order valence-corrected chi connectivity index (χ4v) is 1.81. The highest BCUT2D eigenvalue weighted by molar-refractivity contribution is 4.77. The molecule has 0 bridgehead atoms. The molecule has 1 fully saturated rings. The minimum Gasteiger partial charge on any atom is -0.396 e. The van der Waals surface area contributed by atoms with E-state index in [9.17, 15) is 0 Å². The molecule has 15 heavy (non-hydrogen) atoms. The van der Waals surface area contributed by atoms with E-state index >= 15 is 0 Å². The van der Waals surface area contributed by atoms with Gasteiger partial charge in [-0.3, -0.25) is 0 Å². The molecule has 0 aromatic carbocycles. The monoisotopic (exact) mass is 218 g/mol. The lowest BCUT2D eigenvalue weighted by atomic mass is 9.92. The van der Waals surface area contributed by atoms with Gasteiger partial charge in [-0.25, -0.2) is 0 Å². The Hall–Kier alpha value is -0.160. The lowest BCUT2D eigenvalue weighted by molar-refractivity contribution is -0.0863. The lowest BCUT2D eigenvalue weighted by Crippen LogP contribution is -2.40. The minimum absolute atomic E-state index is 0.237. The van der Waals surface area contributed by atoms with Gasteiger partial charge in [0.25, 0.3) is 0 Å². The number of hydrogen-bond donors (Lipinski definition) is 3. The summed E-state index contributed by atoms with van der Waals surface area (Å²) in [5, 5.41) is 27.3. The molecule has 1 aliphatic rings. The van der Waals surface area contributed by atoms with Crippen molar-refractivity contribution in [2.24, 2.45) is 5.41 Å². The second-order valence-corrected chi connectivity index (χ2v) is 4.55. The summed E-state index contributed by atoms with van der Waals surface area (Å²) in [6, 6.07) is 0. The first-order valence-electron chi connectivity index (χ1n) is 5.70. The van der Waals surface area contributed by atoms with Gasteiger partial charge in [-0.2, -0.15) is 0 Å². The summed E-state index contributed by atoms with van der Waals surface area (Å²) in [4.78, 5) is 0. The normalized spacial score (nSPS) is 19.4. The summed E-state index contributed by atoms with van der Waals surface area (Å²) in [6.45, 7) is -0.493. The van der Waals surface area contributed by atoms with Crippen LogP contribution < -0.4 is 0 Å². The van der Waals surface area contributed by atoms with E-state index in [1.807, 2.05) is 0 Å². The number of aliphatic hydroxyl groups is 3. The Kier molecular flexibility index (Phi) is 5.53. The number of rotatable bonds is 6. The van der Waals surface area contributed by atoms with Crippen LogP contribution in [-0.2, 0) is 4.74 Å². The SMILES string of the molecule is OCC(CO)(CO)COC1CCCCC1. The van der Waals surface area contributed by atoms with Gasteiger partial charge < -0.3 is 20.1 Å². The van der Waals surface area contributed by atoms with Crippen molar-refractivity contribution in [3.8, 4) is 0 Å². The van der Waals surface area contributed by atoms with Gasteiger partial charge in [0.1, 0.15) is 0 Å². The smallest absolute Gasteiger partial charge is 0.0629 e. The highest BCUT2D eigenvalue weighted by atomic mass is 16.5. The molecule has 0 aromatic rings. The van der Waals surface area contributed by atoms with Crippen molar-refractivity contribution in [2.45, 2.75) is 38.2 Å². The molecule has 4 heteroatoms. The van der Waals surface area contributed by atoms with Crippen molar-refractivity contribution in [2.75, 3.05) is 26.4 Å². The van der Waals surface area contributed by atoms with Crippen LogP contribution in [0.3, 0.4) is 0 Å². The maximum absolute atomic E-state index is 9.11. The second-order valence-electron chi connectivity index (χ2n) is 4.55. The van der Waals surface area contributed by atoms with Crippen LogP contribution in [0.25, 0.3) is 0 Å². The zero-order chi connectivity index (χ0) is 11.1. The van der Waals surface area contributed by atoms with E-state index in [4.69, 9.17) is 20.1 Å². The van der Waals surface area contributed by atoms with E-state index in [0.717, 1.165) is 12.8 Å². The van der Waals surface area contributed by atoms with E-state index in [1.54, 1.807) is 0 Å². The van der Waals surface area contributed by atoms with Gasteiger partial charge in [-0.05, 0) is 12.8 Å². The average molecular weight is 218 g/mol. The quantitative estimate of drug-likeness (QED) is 0.599. The molecule has 0 amide bonds. The molecule has 1 aliphatic carbocycles. The molecule has 0 aliphatic heterocycles. The van der Waals surface area contributed by atoms with E-state index in [-0.39, 0.29) is 32.5 Å². The predicted octanol–water partition coefficient (Wildman–Crippen LogP) is 0.299. The van der Waals surface area contributed by atoms with Crippen LogP contribution in [0.4, 0.5) is 0 Å². The van der Waals surface area contributed by atoms with Crippen LogP contribution in [-0.4, -0.2) is 47.9 Å². The fourth-order valence-electron chi connectivity index (χ4n) is 1.81. The summed E-state index contributed by atoms with van der Waals surface area (Å²) in [7, 11) is 0. The van der Waals surface area contributed by atoms with Crippen LogP contribution in [0.2, 0.25) is 0 Å². The van der Waals surface area contributed by atoms with Crippen molar-refractivity contribution in [1.29, 1.82) is 0 Å². The number of aliphatic hydroxyl groups excluding tert-OH is 3. The molecular weight excluding hydrogens is 196 g/mol. The van der Waals surface area contributed by atoms with Gasteiger partial charge in [0.2, 0.25) is 0 Å². The first-order valence-corrected chi connectivity index (χ1v) is 5.70. The Labute approximate surface area is 90.9 Å². The van der Waals surface area contributed by atoms with Gasteiger partial charge in [-0.1, -0.05) is 19.3 Å². The second kappa shape index (κ2) is 6.43. The number of hydrogen-bond acceptors (Lipinski definition) is 4. The van der Waals surface area contributed by atoms with Crippen molar-refractivity contribution in [1.82, 2.24) is 0 Å². The van der Waals surface area contributed by atoms with Gasteiger partial charge in [0.05, 0.1) is 37.9 Å². The summed E-state index contributed by atoms with van der Waals surface area (Å²) in [5.74, 6) is 0. The topological polar surface area (TPSA) is 69.9 Å². The molecule has 0 unspecified atom stereocenters.